The van der Waals surface area contributed by atoms with Crippen molar-refractivity contribution in [3.63, 3.8) is 0 Å². The van der Waals surface area contributed by atoms with Gasteiger partial charge in [-0.15, -0.1) is 0 Å². The van der Waals surface area contributed by atoms with Crippen LogP contribution >= 0.6 is 22.6 Å². The van der Waals surface area contributed by atoms with Crippen LogP contribution in [0.4, 0.5) is 19.0 Å². The van der Waals surface area contributed by atoms with Gasteiger partial charge >= 0.3 is 6.18 Å². The van der Waals surface area contributed by atoms with Gasteiger partial charge in [-0.05, 0) is 96.8 Å². The summed E-state index contributed by atoms with van der Waals surface area (Å²) in [5, 5.41) is 27.3. The number of ether oxygens (including phenoxy) is 3. The van der Waals surface area contributed by atoms with Gasteiger partial charge in [-0.25, -0.2) is 4.98 Å². The number of nitrogens with zero attached hydrogens (tertiary/aromatic N) is 5. The predicted molar refractivity (Wildman–Crippen MR) is 215 cm³/mol. The van der Waals surface area contributed by atoms with Crippen molar-refractivity contribution in [1.29, 1.82) is 0 Å². The summed E-state index contributed by atoms with van der Waals surface area (Å²) in [7, 11) is 0. The zero-order valence-electron chi connectivity index (χ0n) is 31.7. The minimum atomic E-state index is -4.65. The van der Waals surface area contributed by atoms with Crippen LogP contribution in [0, 0.1) is 3.57 Å². The van der Waals surface area contributed by atoms with E-state index in [1.165, 1.54) is 5.56 Å². The van der Waals surface area contributed by atoms with Crippen molar-refractivity contribution >= 4 is 34.3 Å². The molecular formula is C39H52F3IN8O6. The van der Waals surface area contributed by atoms with Crippen LogP contribution in [0.15, 0.2) is 54.9 Å². The molecule has 3 saturated heterocycles. The van der Waals surface area contributed by atoms with Gasteiger partial charge in [0.1, 0.15) is 35.3 Å². The van der Waals surface area contributed by atoms with Crippen LogP contribution in [-0.2, 0) is 22.1 Å². The first-order chi connectivity index (χ1) is 27.4. The molecular weight excluding hydrogens is 860 g/mol. The van der Waals surface area contributed by atoms with Gasteiger partial charge in [0, 0.05) is 58.4 Å². The molecule has 4 atom stereocenters. The van der Waals surface area contributed by atoms with Gasteiger partial charge in [-0.2, -0.15) is 13.2 Å². The summed E-state index contributed by atoms with van der Waals surface area (Å²) in [5.74, 6) is 2.11. The number of carbonyl (C=O) groups excluding carboxylic acids is 1. The Labute approximate surface area is 344 Å². The van der Waals surface area contributed by atoms with Crippen molar-refractivity contribution in [2.24, 2.45) is 5.73 Å². The Morgan fingerprint density at radius 2 is 1.72 bits per heavy atom. The molecule has 3 fully saturated rings. The number of aliphatic hydroxyl groups excluding tert-OH is 2. The number of hydrogen-bond donors (Lipinski definition) is 5. The average molecular weight is 913 g/mol. The van der Waals surface area contributed by atoms with Crippen molar-refractivity contribution in [3.05, 3.63) is 69.7 Å². The fourth-order valence-electron chi connectivity index (χ4n) is 7.37. The number of benzene rings is 2. The Balaban J connectivity index is 0.813. The molecule has 57 heavy (non-hydrogen) atoms. The molecule has 2 aromatic carbocycles. The van der Waals surface area contributed by atoms with E-state index in [0.29, 0.717) is 51.4 Å². The third kappa shape index (κ3) is 12.6. The normalized spacial score (nSPS) is 22.9. The average Bonchev–Trinajstić information content (AvgIpc) is 3.20. The Morgan fingerprint density at radius 1 is 0.982 bits per heavy atom. The van der Waals surface area contributed by atoms with E-state index >= 15 is 0 Å². The number of aromatic nitrogens is 2. The molecule has 3 aromatic rings. The highest BCUT2D eigenvalue weighted by atomic mass is 127. The number of carbonyl (C=O) groups is 1. The number of nitrogens with one attached hydrogen (secondary N) is 2. The van der Waals surface area contributed by atoms with E-state index in [1.54, 1.807) is 0 Å². The maximum atomic E-state index is 13.0. The van der Waals surface area contributed by atoms with Crippen LogP contribution < -0.4 is 25.8 Å². The molecule has 6 rings (SSSR count). The van der Waals surface area contributed by atoms with Crippen molar-refractivity contribution in [2.75, 3.05) is 84.0 Å². The van der Waals surface area contributed by atoms with Gasteiger partial charge in [0.2, 0.25) is 5.91 Å². The second-order valence-electron chi connectivity index (χ2n) is 14.7. The number of amides is 1. The summed E-state index contributed by atoms with van der Waals surface area (Å²) >= 11 is 2.27. The van der Waals surface area contributed by atoms with Gasteiger partial charge in [0.25, 0.3) is 0 Å². The third-order valence-corrected chi connectivity index (χ3v) is 11.4. The number of likely N-dealkylation sites (tertiary alicyclic amines) is 1. The number of rotatable bonds is 16. The van der Waals surface area contributed by atoms with E-state index in [2.05, 4.69) is 64.0 Å². The molecule has 0 bridgehead atoms. The highest BCUT2D eigenvalue weighted by Crippen LogP contribution is 2.30. The summed E-state index contributed by atoms with van der Waals surface area (Å²) in [4.78, 5) is 26.6. The van der Waals surface area contributed by atoms with Crippen LogP contribution in [0.1, 0.15) is 30.5 Å². The minimum Gasteiger partial charge on any atom is -0.494 e. The van der Waals surface area contributed by atoms with Crippen LogP contribution in [-0.4, -0.2) is 150 Å². The number of nitrogens with two attached hydrogens (primary N) is 1. The molecule has 0 radical (unpaired) electrons. The monoisotopic (exact) mass is 912 g/mol. The Kier molecular flexibility index (Phi) is 15.6. The SMILES string of the molecule is NCCc1ccc(Oc2ccc(OCCCNC(=O)CN3CCC(N4CCN(C[C@H]5OC[C@H](Nc6cncc(C(F)(F)F)n6)[C@@H](O)[C@H]5O)CC4)CC3)cc2)c(I)c1. The van der Waals surface area contributed by atoms with Gasteiger partial charge in [0.05, 0.1) is 47.9 Å². The van der Waals surface area contributed by atoms with E-state index in [-0.39, 0.29) is 18.3 Å². The van der Waals surface area contributed by atoms with Gasteiger partial charge in [0.15, 0.2) is 5.69 Å². The molecule has 0 saturated carbocycles. The number of piperazine rings is 1. The third-order valence-electron chi connectivity index (χ3n) is 10.6. The van der Waals surface area contributed by atoms with E-state index in [9.17, 15) is 28.2 Å². The largest absolute Gasteiger partial charge is 0.494 e. The minimum absolute atomic E-state index is 0.00908. The zero-order valence-corrected chi connectivity index (χ0v) is 33.9. The number of halogens is 4. The number of anilines is 1. The van der Waals surface area contributed by atoms with Crippen molar-refractivity contribution in [3.8, 4) is 17.2 Å². The lowest BCUT2D eigenvalue weighted by Crippen LogP contribution is -2.60. The molecule has 3 aliphatic heterocycles. The lowest BCUT2D eigenvalue weighted by Gasteiger charge is -2.44. The zero-order chi connectivity index (χ0) is 40.4. The van der Waals surface area contributed by atoms with Crippen LogP contribution in [0.25, 0.3) is 0 Å². The molecule has 1 aromatic heterocycles. The van der Waals surface area contributed by atoms with Crippen molar-refractivity contribution in [2.45, 2.75) is 62.3 Å². The van der Waals surface area contributed by atoms with Gasteiger partial charge < -0.3 is 40.8 Å². The predicted octanol–water partition coefficient (Wildman–Crippen LogP) is 2.96. The summed E-state index contributed by atoms with van der Waals surface area (Å²) in [5.41, 5.74) is 5.69. The van der Waals surface area contributed by atoms with E-state index in [0.717, 1.165) is 85.5 Å². The van der Waals surface area contributed by atoms with Crippen LogP contribution in [0.5, 0.6) is 17.2 Å². The molecule has 1 amide bonds. The van der Waals surface area contributed by atoms with Crippen molar-refractivity contribution in [1.82, 2.24) is 30.0 Å². The standard InChI is InChI=1S/C39H52F3IN8O6/c40-39(41,42)34-21-45-22-35(48-34)47-31-25-56-33(38(54)37(31)53)23-50-15-17-51(18-16-50)27-9-13-49(14-10-27)24-36(52)46-12-1-19-55-28-3-5-29(6-4-28)57-32-7-2-26(8-11-44)20-30(32)43/h2-7,20-22,27,31,33,37-38,53-54H,1,8-19,23-25,44H2,(H,46,52)(H,47,48)/t31-,33+,37+,38-/m0/s1. The van der Waals surface area contributed by atoms with E-state index in [1.807, 2.05) is 36.4 Å². The Bertz CT molecular complexity index is 1730. The second-order valence-corrected chi connectivity index (χ2v) is 15.8. The molecule has 18 heteroatoms. The summed E-state index contributed by atoms with van der Waals surface area (Å²) in [6.45, 7) is 7.39. The quantitative estimate of drug-likeness (QED) is 0.105. The molecule has 312 valence electrons. The molecule has 6 N–H and O–H groups in total. The van der Waals surface area contributed by atoms with Crippen LogP contribution in [0.2, 0.25) is 0 Å². The molecule has 0 spiro atoms. The summed E-state index contributed by atoms with van der Waals surface area (Å²) < 4.78 is 57.9. The molecule has 14 nitrogen and oxygen atoms in total. The first-order valence-corrected chi connectivity index (χ1v) is 20.5. The summed E-state index contributed by atoms with van der Waals surface area (Å²) in [6.07, 6.45) is -2.55. The van der Waals surface area contributed by atoms with Crippen LogP contribution in [0.3, 0.4) is 0 Å². The Hall–Kier alpha value is -3.37. The smallest absolute Gasteiger partial charge is 0.434 e. The van der Waals surface area contributed by atoms with E-state index < -0.39 is 36.2 Å². The molecule has 0 unspecified atom stereocenters. The second kappa shape index (κ2) is 20.5. The van der Waals surface area contributed by atoms with Gasteiger partial charge in [-0.1, -0.05) is 6.07 Å². The highest BCUT2D eigenvalue weighted by Gasteiger charge is 2.40. The number of alkyl halides is 3. The lowest BCUT2D eigenvalue weighted by molar-refractivity contribution is -0.148. The maximum Gasteiger partial charge on any atom is 0.434 e. The molecule has 3 aliphatic rings. The molecule has 0 aliphatic carbocycles. The van der Waals surface area contributed by atoms with E-state index in [4.69, 9.17) is 19.9 Å². The number of piperidine rings is 1. The van der Waals surface area contributed by atoms with Gasteiger partial charge in [-0.3, -0.25) is 24.5 Å². The number of hydrogen-bond acceptors (Lipinski definition) is 13. The fraction of sp³-hybridized carbons (Fsp3) is 0.564. The van der Waals surface area contributed by atoms with Crippen molar-refractivity contribution < 1.29 is 42.4 Å². The lowest BCUT2D eigenvalue weighted by atomic mass is 9.97. The maximum absolute atomic E-state index is 13.0. The highest BCUT2D eigenvalue weighted by molar-refractivity contribution is 14.1. The fourth-order valence-corrected chi connectivity index (χ4v) is 8.06. The molecule has 4 heterocycles. The first-order valence-electron chi connectivity index (χ1n) is 19.4. The Morgan fingerprint density at radius 3 is 2.42 bits per heavy atom. The first kappa shape index (κ1) is 43.2. The number of aliphatic hydroxyl groups is 2. The topological polar surface area (TPSA) is 171 Å². The summed E-state index contributed by atoms with van der Waals surface area (Å²) in [6, 6.07) is 13.2.